The first-order valence-corrected chi connectivity index (χ1v) is 11.6. The van der Waals surface area contributed by atoms with Gasteiger partial charge >= 0.3 is 0 Å². The Morgan fingerprint density at radius 3 is 2.57 bits per heavy atom. The van der Waals surface area contributed by atoms with E-state index in [-0.39, 0.29) is 22.2 Å². The summed E-state index contributed by atoms with van der Waals surface area (Å²) in [4.78, 5) is -0.0760. The van der Waals surface area contributed by atoms with E-state index in [1.807, 2.05) is 0 Å². The van der Waals surface area contributed by atoms with Crippen LogP contribution in [-0.2, 0) is 19.9 Å². The molecule has 0 spiro atoms. The van der Waals surface area contributed by atoms with Crippen molar-refractivity contribution < 1.29 is 16.8 Å². The lowest BCUT2D eigenvalue weighted by molar-refractivity contribution is 0.405. The number of hydrogen-bond donors (Lipinski definition) is 0. The molecule has 0 bridgehead atoms. The molecule has 1 fully saturated rings. The van der Waals surface area contributed by atoms with Crippen molar-refractivity contribution in [1.82, 2.24) is 4.31 Å². The Kier molecular flexibility index (Phi) is 5.32. The zero-order chi connectivity index (χ0) is 15.8. The monoisotopic (exact) mass is 433 g/mol. The molecule has 0 N–H and O–H groups in total. The maximum atomic E-state index is 12.7. The predicted molar refractivity (Wildman–Crippen MR) is 89.0 cm³/mol. The molecule has 1 unspecified atom stereocenters. The highest BCUT2D eigenvalue weighted by Gasteiger charge is 2.40. The van der Waals surface area contributed by atoms with Crippen molar-refractivity contribution >= 4 is 59.2 Å². The van der Waals surface area contributed by atoms with Crippen LogP contribution in [0.15, 0.2) is 27.6 Å². The van der Waals surface area contributed by atoms with Crippen molar-refractivity contribution in [1.29, 1.82) is 0 Å². The molecule has 2 rings (SSSR count). The minimum Gasteiger partial charge on any atom is -0.227 e. The molecule has 5 nitrogen and oxygen atoms in total. The van der Waals surface area contributed by atoms with Crippen LogP contribution >= 0.6 is 39.3 Å². The van der Waals surface area contributed by atoms with E-state index in [1.54, 1.807) is 6.07 Å². The van der Waals surface area contributed by atoms with Crippen LogP contribution in [0, 0.1) is 0 Å². The molecule has 1 saturated heterocycles. The first kappa shape index (κ1) is 17.6. The van der Waals surface area contributed by atoms with Crippen LogP contribution in [0.2, 0.25) is 5.02 Å². The lowest BCUT2D eigenvalue weighted by Gasteiger charge is -2.33. The third-order valence-corrected chi connectivity index (χ3v) is 8.67. The molecule has 1 aromatic rings. The highest BCUT2D eigenvalue weighted by molar-refractivity contribution is 9.10. The number of nitrogens with zero attached hydrogens (tertiary/aromatic N) is 1. The molecule has 10 heteroatoms. The van der Waals surface area contributed by atoms with Gasteiger partial charge in [-0.15, -0.1) is 0 Å². The van der Waals surface area contributed by atoms with Gasteiger partial charge in [0.15, 0.2) is 9.84 Å². The van der Waals surface area contributed by atoms with Gasteiger partial charge in [-0.2, -0.15) is 16.1 Å². The van der Waals surface area contributed by atoms with E-state index in [2.05, 4.69) is 15.9 Å². The smallest absolute Gasteiger partial charge is 0.227 e. The third-order valence-electron chi connectivity index (χ3n) is 3.01. The second kappa shape index (κ2) is 6.37. The van der Waals surface area contributed by atoms with Gasteiger partial charge in [0, 0.05) is 28.8 Å². The summed E-state index contributed by atoms with van der Waals surface area (Å²) in [6.07, 6.45) is 1.05. The zero-order valence-electron chi connectivity index (χ0n) is 11.0. The highest BCUT2D eigenvalue weighted by atomic mass is 79.9. The summed E-state index contributed by atoms with van der Waals surface area (Å²) in [5.74, 6) is 0.783. The number of hydrogen-bond acceptors (Lipinski definition) is 5. The molecule has 0 amide bonds. The van der Waals surface area contributed by atoms with E-state index >= 15 is 0 Å². The van der Waals surface area contributed by atoms with Crippen LogP contribution < -0.4 is 0 Å². The molecule has 0 radical (unpaired) electrons. The molecule has 1 aromatic carbocycles. The van der Waals surface area contributed by atoms with E-state index in [0.717, 1.165) is 10.6 Å². The molecule has 0 saturated carbocycles. The van der Waals surface area contributed by atoms with Crippen molar-refractivity contribution in [3.63, 3.8) is 0 Å². The van der Waals surface area contributed by atoms with Crippen LogP contribution in [0.25, 0.3) is 0 Å². The van der Waals surface area contributed by atoms with Gasteiger partial charge in [0.1, 0.15) is 10.3 Å². The summed E-state index contributed by atoms with van der Waals surface area (Å²) in [6, 6.07) is 4.42. The van der Waals surface area contributed by atoms with Gasteiger partial charge in [-0.1, -0.05) is 27.5 Å². The van der Waals surface area contributed by atoms with Crippen LogP contribution in [0.1, 0.15) is 0 Å². The quantitative estimate of drug-likeness (QED) is 0.729. The maximum Gasteiger partial charge on any atom is 0.245 e. The number of rotatable bonds is 3. The van der Waals surface area contributed by atoms with E-state index < -0.39 is 25.2 Å². The third kappa shape index (κ3) is 3.76. The number of halogens is 2. The Morgan fingerprint density at radius 2 is 2.00 bits per heavy atom. The predicted octanol–water partition coefficient (Wildman–Crippen LogP) is 2.21. The summed E-state index contributed by atoms with van der Waals surface area (Å²) in [7, 11) is -7.47. The molecule has 0 aromatic heterocycles. The minimum absolute atomic E-state index is 0.0647. The fourth-order valence-electron chi connectivity index (χ4n) is 1.99. The summed E-state index contributed by atoms with van der Waals surface area (Å²) in [6.45, 7) is 0.150. The second-order valence-corrected chi connectivity index (χ2v) is 11.1. The molecular weight excluding hydrogens is 422 g/mol. The van der Waals surface area contributed by atoms with Gasteiger partial charge in [0.25, 0.3) is 0 Å². The first-order chi connectivity index (χ1) is 9.64. The van der Waals surface area contributed by atoms with Crippen molar-refractivity contribution in [3.05, 3.63) is 27.7 Å². The second-order valence-electron chi connectivity index (χ2n) is 4.55. The summed E-state index contributed by atoms with van der Waals surface area (Å²) >= 11 is 10.6. The van der Waals surface area contributed by atoms with E-state index in [4.69, 9.17) is 11.6 Å². The van der Waals surface area contributed by atoms with Gasteiger partial charge in [0.2, 0.25) is 10.0 Å². The Hall–Kier alpha value is 0.200. The first-order valence-electron chi connectivity index (χ1n) is 5.87. The summed E-state index contributed by atoms with van der Waals surface area (Å²) < 4.78 is 50.9. The Labute approximate surface area is 142 Å². The van der Waals surface area contributed by atoms with Crippen molar-refractivity contribution in [2.45, 2.75) is 10.3 Å². The van der Waals surface area contributed by atoms with Gasteiger partial charge < -0.3 is 0 Å². The van der Waals surface area contributed by atoms with Crippen molar-refractivity contribution in [2.75, 3.05) is 24.3 Å². The van der Waals surface area contributed by atoms with E-state index in [9.17, 15) is 16.8 Å². The molecule has 1 aliphatic rings. The Balaban J connectivity index is 2.51. The molecule has 21 heavy (non-hydrogen) atoms. The van der Waals surface area contributed by atoms with Crippen LogP contribution in [0.4, 0.5) is 0 Å². The lowest BCUT2D eigenvalue weighted by atomic mass is 10.4. The molecule has 0 aliphatic carbocycles. The number of sulfone groups is 1. The van der Waals surface area contributed by atoms with E-state index in [1.165, 1.54) is 23.9 Å². The SMILES string of the molecule is CS(=O)(=O)C1CSCCN1S(=O)(=O)c1ccc(Br)cc1Cl. The molecule has 1 atom stereocenters. The number of sulfonamides is 1. The molecule has 1 heterocycles. The summed E-state index contributed by atoms with van der Waals surface area (Å²) in [5.41, 5.74) is 0. The molecule has 118 valence electrons. The zero-order valence-corrected chi connectivity index (χ0v) is 15.8. The standard InChI is InChI=1S/C11H13BrClNO4S3/c1-20(15,16)11-7-19-5-4-14(11)21(17,18)10-3-2-8(12)6-9(10)13/h2-3,6,11H,4-5,7H2,1H3. The Morgan fingerprint density at radius 1 is 1.33 bits per heavy atom. The van der Waals surface area contributed by atoms with Gasteiger partial charge in [0.05, 0.1) is 5.02 Å². The molecule has 1 aliphatic heterocycles. The van der Waals surface area contributed by atoms with Crippen LogP contribution in [-0.4, -0.2) is 50.8 Å². The van der Waals surface area contributed by atoms with Crippen LogP contribution in [0.5, 0.6) is 0 Å². The maximum absolute atomic E-state index is 12.7. The lowest BCUT2D eigenvalue weighted by Crippen LogP contribution is -2.49. The highest BCUT2D eigenvalue weighted by Crippen LogP contribution is 2.32. The fraction of sp³-hybridized carbons (Fsp3) is 0.455. The topological polar surface area (TPSA) is 71.5 Å². The fourth-order valence-corrected chi connectivity index (χ4v) is 8.17. The average molecular weight is 435 g/mol. The van der Waals surface area contributed by atoms with Crippen molar-refractivity contribution in [2.24, 2.45) is 0 Å². The minimum atomic E-state index is -3.95. The van der Waals surface area contributed by atoms with E-state index in [0.29, 0.717) is 10.2 Å². The van der Waals surface area contributed by atoms with Gasteiger partial charge in [-0.25, -0.2) is 16.8 Å². The summed E-state index contributed by atoms with van der Waals surface area (Å²) in [5, 5.41) is -0.990. The van der Waals surface area contributed by atoms with Crippen molar-refractivity contribution in [3.8, 4) is 0 Å². The molecular formula is C11H13BrClNO4S3. The normalized spacial score (nSPS) is 21.4. The van der Waals surface area contributed by atoms with Gasteiger partial charge in [-0.3, -0.25) is 0 Å². The average Bonchev–Trinajstić information content (AvgIpc) is 2.37. The number of benzene rings is 1. The van der Waals surface area contributed by atoms with Gasteiger partial charge in [-0.05, 0) is 18.2 Å². The number of thioether (sulfide) groups is 1. The largest absolute Gasteiger partial charge is 0.245 e. The Bertz CT molecular complexity index is 751. The van der Waals surface area contributed by atoms with Crippen LogP contribution in [0.3, 0.4) is 0 Å².